The van der Waals surface area contributed by atoms with Crippen LogP contribution >= 0.6 is 11.6 Å². The van der Waals surface area contributed by atoms with Gasteiger partial charge in [-0.15, -0.1) is 0 Å². The fraction of sp³-hybridized carbons (Fsp3) is 0.667. The normalized spacial score (nSPS) is 22.9. The van der Waals surface area contributed by atoms with Crippen molar-refractivity contribution >= 4 is 11.6 Å². The quantitative estimate of drug-likeness (QED) is 0.576. The van der Waals surface area contributed by atoms with Crippen molar-refractivity contribution in [1.82, 2.24) is 0 Å². The molecule has 0 atom stereocenters. The number of rotatable bonds is 7. The number of halogens is 1. The SMILES string of the molecule is CCOCCCCC1CCC(c2ccc(Cl)cc2)CC1. The molecule has 0 aromatic heterocycles. The average Bonchev–Trinajstić information content (AvgIpc) is 2.49. The summed E-state index contributed by atoms with van der Waals surface area (Å²) in [6.07, 6.45) is 9.42. The Labute approximate surface area is 128 Å². The molecule has 0 unspecified atom stereocenters. The highest BCUT2D eigenvalue weighted by Gasteiger charge is 2.21. The van der Waals surface area contributed by atoms with Gasteiger partial charge in [0.2, 0.25) is 0 Å². The van der Waals surface area contributed by atoms with E-state index in [1.807, 2.05) is 12.1 Å². The van der Waals surface area contributed by atoms with Gasteiger partial charge in [-0.2, -0.15) is 0 Å². The van der Waals surface area contributed by atoms with Crippen molar-refractivity contribution in [2.75, 3.05) is 13.2 Å². The summed E-state index contributed by atoms with van der Waals surface area (Å²) < 4.78 is 5.40. The number of ether oxygens (including phenoxy) is 1. The van der Waals surface area contributed by atoms with Gasteiger partial charge in [0.05, 0.1) is 0 Å². The molecule has 1 aliphatic rings. The maximum Gasteiger partial charge on any atom is 0.0465 e. The smallest absolute Gasteiger partial charge is 0.0465 e. The summed E-state index contributed by atoms with van der Waals surface area (Å²) in [4.78, 5) is 0. The van der Waals surface area contributed by atoms with E-state index in [0.717, 1.165) is 30.1 Å². The zero-order valence-corrected chi connectivity index (χ0v) is 13.4. The van der Waals surface area contributed by atoms with Crippen LogP contribution in [0.4, 0.5) is 0 Å². The molecule has 0 N–H and O–H groups in total. The summed E-state index contributed by atoms with van der Waals surface area (Å²) in [6, 6.07) is 8.46. The highest BCUT2D eigenvalue weighted by atomic mass is 35.5. The van der Waals surface area contributed by atoms with Gasteiger partial charge in [0.25, 0.3) is 0 Å². The van der Waals surface area contributed by atoms with Gasteiger partial charge in [-0.3, -0.25) is 0 Å². The van der Waals surface area contributed by atoms with Gasteiger partial charge in [-0.25, -0.2) is 0 Å². The molecule has 0 radical (unpaired) electrons. The first kappa shape index (κ1) is 15.9. The first-order valence-electron chi connectivity index (χ1n) is 8.12. The third-order valence-corrected chi connectivity index (χ3v) is 4.80. The maximum atomic E-state index is 5.96. The summed E-state index contributed by atoms with van der Waals surface area (Å²) in [5.41, 5.74) is 1.48. The van der Waals surface area contributed by atoms with Crippen molar-refractivity contribution in [3.8, 4) is 0 Å². The fourth-order valence-corrected chi connectivity index (χ4v) is 3.43. The van der Waals surface area contributed by atoms with Gasteiger partial charge >= 0.3 is 0 Å². The Morgan fingerprint density at radius 1 is 1.05 bits per heavy atom. The number of unbranched alkanes of at least 4 members (excludes halogenated alkanes) is 1. The summed E-state index contributed by atoms with van der Waals surface area (Å²) in [6.45, 7) is 3.86. The monoisotopic (exact) mass is 294 g/mol. The fourth-order valence-electron chi connectivity index (χ4n) is 3.30. The van der Waals surface area contributed by atoms with Crippen LogP contribution < -0.4 is 0 Å². The summed E-state index contributed by atoms with van der Waals surface area (Å²) in [5, 5.41) is 0.844. The van der Waals surface area contributed by atoms with Crippen LogP contribution in [0.15, 0.2) is 24.3 Å². The first-order valence-corrected chi connectivity index (χ1v) is 8.50. The lowest BCUT2D eigenvalue weighted by molar-refractivity contribution is 0.140. The van der Waals surface area contributed by atoms with Gasteiger partial charge in [-0.05, 0) is 68.6 Å². The Morgan fingerprint density at radius 3 is 2.40 bits per heavy atom. The second-order valence-electron chi connectivity index (χ2n) is 5.96. The second-order valence-corrected chi connectivity index (χ2v) is 6.40. The molecule has 1 aliphatic carbocycles. The molecule has 20 heavy (non-hydrogen) atoms. The lowest BCUT2D eigenvalue weighted by Gasteiger charge is -2.29. The molecule has 0 bridgehead atoms. The Balaban J connectivity index is 1.66. The van der Waals surface area contributed by atoms with Gasteiger partial charge in [0.1, 0.15) is 0 Å². The van der Waals surface area contributed by atoms with E-state index in [1.165, 1.54) is 50.5 Å². The van der Waals surface area contributed by atoms with E-state index in [9.17, 15) is 0 Å². The van der Waals surface area contributed by atoms with E-state index in [4.69, 9.17) is 16.3 Å². The second kappa shape index (κ2) is 8.69. The Kier molecular flexibility index (Phi) is 6.89. The van der Waals surface area contributed by atoms with E-state index in [1.54, 1.807) is 0 Å². The van der Waals surface area contributed by atoms with E-state index in [2.05, 4.69) is 19.1 Å². The van der Waals surface area contributed by atoms with Crippen LogP contribution in [0.5, 0.6) is 0 Å². The van der Waals surface area contributed by atoms with Gasteiger partial charge in [-0.1, -0.05) is 36.6 Å². The molecule has 1 nitrogen and oxygen atoms in total. The highest BCUT2D eigenvalue weighted by molar-refractivity contribution is 6.30. The molecule has 1 fully saturated rings. The largest absolute Gasteiger partial charge is 0.382 e. The molecule has 2 heteroatoms. The van der Waals surface area contributed by atoms with Crippen LogP contribution in [0.1, 0.15) is 63.4 Å². The Hall–Kier alpha value is -0.530. The van der Waals surface area contributed by atoms with E-state index >= 15 is 0 Å². The summed E-state index contributed by atoms with van der Waals surface area (Å²) >= 11 is 5.96. The molecule has 2 rings (SSSR count). The van der Waals surface area contributed by atoms with E-state index in [-0.39, 0.29) is 0 Å². The molecule has 1 aromatic rings. The lowest BCUT2D eigenvalue weighted by Crippen LogP contribution is -2.13. The lowest BCUT2D eigenvalue weighted by atomic mass is 9.77. The van der Waals surface area contributed by atoms with Crippen molar-refractivity contribution in [3.05, 3.63) is 34.9 Å². The molecule has 0 aliphatic heterocycles. The molecular formula is C18H27ClO. The van der Waals surface area contributed by atoms with Crippen molar-refractivity contribution in [2.45, 2.75) is 57.8 Å². The zero-order chi connectivity index (χ0) is 14.2. The molecule has 0 saturated heterocycles. The average molecular weight is 295 g/mol. The highest BCUT2D eigenvalue weighted by Crippen LogP contribution is 2.37. The summed E-state index contributed by atoms with van der Waals surface area (Å²) in [7, 11) is 0. The predicted octanol–water partition coefficient (Wildman–Crippen LogP) is 5.82. The van der Waals surface area contributed by atoms with Crippen molar-refractivity contribution < 1.29 is 4.74 Å². The van der Waals surface area contributed by atoms with Crippen LogP contribution in [-0.2, 0) is 4.74 Å². The third kappa shape index (κ3) is 5.10. The number of hydrogen-bond acceptors (Lipinski definition) is 1. The van der Waals surface area contributed by atoms with E-state index in [0.29, 0.717) is 0 Å². The molecule has 1 saturated carbocycles. The minimum atomic E-state index is 0.756. The first-order chi connectivity index (χ1) is 9.79. The Bertz CT molecular complexity index is 366. The molecule has 0 amide bonds. The zero-order valence-electron chi connectivity index (χ0n) is 12.6. The Morgan fingerprint density at radius 2 is 1.75 bits per heavy atom. The molecule has 1 aromatic carbocycles. The van der Waals surface area contributed by atoms with Crippen LogP contribution in [-0.4, -0.2) is 13.2 Å². The van der Waals surface area contributed by atoms with Crippen LogP contribution in [0, 0.1) is 5.92 Å². The third-order valence-electron chi connectivity index (χ3n) is 4.54. The van der Waals surface area contributed by atoms with Crippen LogP contribution in [0.3, 0.4) is 0 Å². The number of hydrogen-bond donors (Lipinski definition) is 0. The minimum Gasteiger partial charge on any atom is -0.382 e. The van der Waals surface area contributed by atoms with Crippen molar-refractivity contribution in [2.24, 2.45) is 5.92 Å². The van der Waals surface area contributed by atoms with Crippen molar-refractivity contribution in [1.29, 1.82) is 0 Å². The van der Waals surface area contributed by atoms with Gasteiger partial charge in [0.15, 0.2) is 0 Å². The molecular weight excluding hydrogens is 268 g/mol. The topological polar surface area (TPSA) is 9.23 Å². The molecule has 112 valence electrons. The van der Waals surface area contributed by atoms with E-state index < -0.39 is 0 Å². The standard InChI is InChI=1S/C18H27ClO/c1-2-20-14-4-3-5-15-6-8-16(9-7-15)17-10-12-18(19)13-11-17/h10-13,15-16H,2-9,14H2,1H3. The molecule has 0 spiro atoms. The summed E-state index contributed by atoms with van der Waals surface area (Å²) in [5.74, 6) is 1.70. The molecule has 0 heterocycles. The maximum absolute atomic E-state index is 5.96. The minimum absolute atomic E-state index is 0.756. The van der Waals surface area contributed by atoms with Crippen molar-refractivity contribution in [3.63, 3.8) is 0 Å². The van der Waals surface area contributed by atoms with Gasteiger partial charge < -0.3 is 4.74 Å². The predicted molar refractivity (Wildman–Crippen MR) is 86.5 cm³/mol. The van der Waals surface area contributed by atoms with Gasteiger partial charge in [0, 0.05) is 18.2 Å². The van der Waals surface area contributed by atoms with Crippen LogP contribution in [0.25, 0.3) is 0 Å². The number of benzene rings is 1. The van der Waals surface area contributed by atoms with Crippen LogP contribution in [0.2, 0.25) is 5.02 Å².